The summed E-state index contributed by atoms with van der Waals surface area (Å²) in [5.41, 5.74) is 1.22. The van der Waals surface area contributed by atoms with E-state index in [4.69, 9.17) is 4.52 Å². The van der Waals surface area contributed by atoms with Gasteiger partial charge >= 0.3 is 0 Å². The minimum Gasteiger partial charge on any atom is -0.339 e. The van der Waals surface area contributed by atoms with Crippen molar-refractivity contribution in [3.05, 3.63) is 47.6 Å². The normalized spacial score (nSPS) is 19.1. The maximum Gasteiger partial charge on any atom is 0.226 e. The lowest BCUT2D eigenvalue weighted by molar-refractivity contribution is 0.326. The van der Waals surface area contributed by atoms with Crippen LogP contribution in [0.1, 0.15) is 36.5 Å². The van der Waals surface area contributed by atoms with Crippen molar-refractivity contribution in [1.29, 1.82) is 0 Å². The number of aryl methyl sites for hydroxylation is 1. The van der Waals surface area contributed by atoms with Gasteiger partial charge in [0.05, 0.1) is 0 Å². The summed E-state index contributed by atoms with van der Waals surface area (Å²) >= 11 is 0. The molecule has 1 saturated heterocycles. The van der Waals surface area contributed by atoms with Gasteiger partial charge in [-0.2, -0.15) is 4.98 Å². The third-order valence-electron chi connectivity index (χ3n) is 3.88. The minimum atomic E-state index is 0.745. The molecule has 106 valence electrons. The van der Waals surface area contributed by atoms with E-state index in [9.17, 15) is 0 Å². The monoisotopic (exact) mass is 271 g/mol. The summed E-state index contributed by atoms with van der Waals surface area (Å²) < 4.78 is 5.35. The van der Waals surface area contributed by atoms with E-state index in [1.165, 1.54) is 18.4 Å². The second-order valence-corrected chi connectivity index (χ2v) is 5.52. The number of aromatic nitrogens is 2. The van der Waals surface area contributed by atoms with Gasteiger partial charge in [0.2, 0.25) is 5.89 Å². The van der Waals surface area contributed by atoms with Crippen molar-refractivity contribution in [3.8, 4) is 0 Å². The van der Waals surface area contributed by atoms with Gasteiger partial charge < -0.3 is 9.84 Å². The average molecular weight is 271 g/mol. The number of piperidine rings is 1. The summed E-state index contributed by atoms with van der Waals surface area (Å²) in [5, 5.41) is 7.52. The molecule has 0 aliphatic carbocycles. The van der Waals surface area contributed by atoms with Gasteiger partial charge in [-0.05, 0) is 43.8 Å². The third kappa shape index (κ3) is 3.67. The first-order chi connectivity index (χ1) is 9.90. The number of rotatable bonds is 5. The highest BCUT2D eigenvalue weighted by molar-refractivity contribution is 5.18. The standard InChI is InChI=1S/C16H21N3O/c1-2-5-13(6-3-1)11-15-18-16(20-19-15)9-8-14-7-4-10-17-12-14/h1-3,5-6,14,17H,4,7-12H2. The molecule has 3 rings (SSSR count). The van der Waals surface area contributed by atoms with Crippen molar-refractivity contribution in [3.63, 3.8) is 0 Å². The summed E-state index contributed by atoms with van der Waals surface area (Å²) in [4.78, 5) is 4.49. The van der Waals surface area contributed by atoms with E-state index >= 15 is 0 Å². The lowest BCUT2D eigenvalue weighted by Crippen LogP contribution is -2.29. The molecule has 0 bridgehead atoms. The van der Waals surface area contributed by atoms with E-state index in [0.29, 0.717) is 0 Å². The molecular weight excluding hydrogens is 250 g/mol. The highest BCUT2D eigenvalue weighted by atomic mass is 16.5. The van der Waals surface area contributed by atoms with Crippen molar-refractivity contribution in [2.75, 3.05) is 13.1 Å². The molecule has 4 nitrogen and oxygen atoms in total. The number of hydrogen-bond acceptors (Lipinski definition) is 4. The molecule has 2 aromatic rings. The molecule has 0 amide bonds. The SMILES string of the molecule is c1ccc(Cc2noc(CCC3CCCNC3)n2)cc1. The van der Waals surface area contributed by atoms with Gasteiger partial charge in [0.25, 0.3) is 0 Å². The maximum absolute atomic E-state index is 5.35. The maximum atomic E-state index is 5.35. The highest BCUT2D eigenvalue weighted by Crippen LogP contribution is 2.16. The predicted octanol–water partition coefficient (Wildman–Crippen LogP) is 2.59. The van der Waals surface area contributed by atoms with Crippen molar-refractivity contribution in [2.45, 2.75) is 32.1 Å². The Morgan fingerprint density at radius 1 is 1.25 bits per heavy atom. The highest BCUT2D eigenvalue weighted by Gasteiger charge is 2.15. The first kappa shape index (κ1) is 13.3. The summed E-state index contributed by atoms with van der Waals surface area (Å²) in [6, 6.07) is 10.3. The smallest absolute Gasteiger partial charge is 0.226 e. The van der Waals surface area contributed by atoms with E-state index in [1.54, 1.807) is 0 Å². The van der Waals surface area contributed by atoms with Crippen LogP contribution in [0, 0.1) is 5.92 Å². The van der Waals surface area contributed by atoms with E-state index in [-0.39, 0.29) is 0 Å². The number of benzene rings is 1. The van der Waals surface area contributed by atoms with Gasteiger partial charge in [-0.25, -0.2) is 0 Å². The second-order valence-electron chi connectivity index (χ2n) is 5.52. The van der Waals surface area contributed by atoms with Crippen LogP contribution in [0.4, 0.5) is 0 Å². The largest absolute Gasteiger partial charge is 0.339 e. The Labute approximate surface area is 119 Å². The van der Waals surface area contributed by atoms with E-state index in [0.717, 1.165) is 50.0 Å². The van der Waals surface area contributed by atoms with Crippen LogP contribution in [0.3, 0.4) is 0 Å². The molecule has 1 N–H and O–H groups in total. The zero-order valence-corrected chi connectivity index (χ0v) is 11.7. The number of hydrogen-bond donors (Lipinski definition) is 1. The molecule has 1 aliphatic rings. The van der Waals surface area contributed by atoms with Crippen molar-refractivity contribution in [2.24, 2.45) is 5.92 Å². The molecule has 1 aliphatic heterocycles. The van der Waals surface area contributed by atoms with Gasteiger partial charge in [0, 0.05) is 12.8 Å². The summed E-state index contributed by atoms with van der Waals surface area (Å²) in [6.45, 7) is 2.29. The molecule has 0 radical (unpaired) electrons. The third-order valence-corrected chi connectivity index (χ3v) is 3.88. The zero-order chi connectivity index (χ0) is 13.6. The topological polar surface area (TPSA) is 51.0 Å². The zero-order valence-electron chi connectivity index (χ0n) is 11.7. The fourth-order valence-corrected chi connectivity index (χ4v) is 2.74. The van der Waals surface area contributed by atoms with Gasteiger partial charge in [0.15, 0.2) is 5.82 Å². The molecule has 1 fully saturated rings. The molecule has 4 heteroatoms. The lowest BCUT2D eigenvalue weighted by Gasteiger charge is -2.21. The van der Waals surface area contributed by atoms with Gasteiger partial charge in [-0.3, -0.25) is 0 Å². The van der Waals surface area contributed by atoms with E-state index in [1.807, 2.05) is 18.2 Å². The fourth-order valence-electron chi connectivity index (χ4n) is 2.74. The fraction of sp³-hybridized carbons (Fsp3) is 0.500. The average Bonchev–Trinajstić information content (AvgIpc) is 2.95. The Bertz CT molecular complexity index is 518. The lowest BCUT2D eigenvalue weighted by atomic mass is 9.95. The summed E-state index contributed by atoms with van der Waals surface area (Å²) in [5.74, 6) is 2.32. The van der Waals surface area contributed by atoms with E-state index in [2.05, 4.69) is 27.6 Å². The first-order valence-corrected chi connectivity index (χ1v) is 7.46. The van der Waals surface area contributed by atoms with Crippen LogP contribution in [0.2, 0.25) is 0 Å². The van der Waals surface area contributed by atoms with Crippen LogP contribution in [-0.2, 0) is 12.8 Å². The molecule has 1 aromatic heterocycles. The van der Waals surface area contributed by atoms with Crippen LogP contribution in [0.5, 0.6) is 0 Å². The van der Waals surface area contributed by atoms with Gasteiger partial charge in [0.1, 0.15) is 0 Å². The summed E-state index contributed by atoms with van der Waals surface area (Å²) in [7, 11) is 0. The van der Waals surface area contributed by atoms with E-state index < -0.39 is 0 Å². The van der Waals surface area contributed by atoms with Crippen LogP contribution in [0.25, 0.3) is 0 Å². The van der Waals surface area contributed by atoms with Gasteiger partial charge in [-0.1, -0.05) is 35.5 Å². The van der Waals surface area contributed by atoms with Crippen molar-refractivity contribution in [1.82, 2.24) is 15.5 Å². The number of nitrogens with zero attached hydrogens (tertiary/aromatic N) is 2. The molecular formula is C16H21N3O. The molecule has 1 atom stereocenters. The quantitative estimate of drug-likeness (QED) is 0.908. The molecule has 0 saturated carbocycles. The Hall–Kier alpha value is -1.68. The number of nitrogens with one attached hydrogen (secondary N) is 1. The predicted molar refractivity (Wildman–Crippen MR) is 77.5 cm³/mol. The van der Waals surface area contributed by atoms with Crippen LogP contribution in [0.15, 0.2) is 34.9 Å². The molecule has 1 aromatic carbocycles. The summed E-state index contributed by atoms with van der Waals surface area (Å²) in [6.07, 6.45) is 5.38. The first-order valence-electron chi connectivity index (χ1n) is 7.46. The second kappa shape index (κ2) is 6.66. The van der Waals surface area contributed by atoms with Crippen LogP contribution < -0.4 is 5.32 Å². The minimum absolute atomic E-state index is 0.745. The van der Waals surface area contributed by atoms with Gasteiger partial charge in [-0.15, -0.1) is 0 Å². The molecule has 2 heterocycles. The van der Waals surface area contributed by atoms with Crippen molar-refractivity contribution >= 4 is 0 Å². The Kier molecular flexibility index (Phi) is 4.43. The van der Waals surface area contributed by atoms with Crippen molar-refractivity contribution < 1.29 is 4.52 Å². The van der Waals surface area contributed by atoms with Crippen LogP contribution >= 0.6 is 0 Å². The Morgan fingerprint density at radius 2 is 2.15 bits per heavy atom. The van der Waals surface area contributed by atoms with Crippen LogP contribution in [-0.4, -0.2) is 23.2 Å². The molecule has 0 spiro atoms. The Morgan fingerprint density at radius 3 is 2.95 bits per heavy atom. The molecule has 20 heavy (non-hydrogen) atoms. The molecule has 1 unspecified atom stereocenters. The Balaban J connectivity index is 1.51.